The first-order chi connectivity index (χ1) is 22.2. The summed E-state index contributed by atoms with van der Waals surface area (Å²) in [6.45, 7) is 16.3. The van der Waals surface area contributed by atoms with Gasteiger partial charge in [-0.3, -0.25) is 19.4 Å². The van der Waals surface area contributed by atoms with Crippen LogP contribution in [-0.4, -0.2) is 62.6 Å². The molecule has 9 heteroatoms. The van der Waals surface area contributed by atoms with Gasteiger partial charge in [0.25, 0.3) is 15.9 Å². The highest BCUT2D eigenvalue weighted by molar-refractivity contribution is 7.97. The number of anilines is 1. The van der Waals surface area contributed by atoms with E-state index in [1.165, 1.54) is 23.4 Å². The van der Waals surface area contributed by atoms with E-state index in [2.05, 4.69) is 59.8 Å². The third-order valence-corrected chi connectivity index (χ3v) is 9.45. The number of nitrogens with zero attached hydrogens (tertiary/aromatic N) is 3. The minimum atomic E-state index is -3.93. The van der Waals surface area contributed by atoms with Gasteiger partial charge >= 0.3 is 0 Å². The number of carbonyl (C=O) groups is 1. The molecule has 1 N–H and O–H groups in total. The molecule has 1 aliphatic carbocycles. The Morgan fingerprint density at radius 3 is 2.50 bits per heavy atom. The van der Waals surface area contributed by atoms with E-state index in [4.69, 9.17) is 4.74 Å². The van der Waals surface area contributed by atoms with E-state index >= 15 is 0 Å². The van der Waals surface area contributed by atoms with Crippen molar-refractivity contribution in [3.63, 3.8) is 0 Å². The van der Waals surface area contributed by atoms with Gasteiger partial charge in [0.15, 0.2) is 0 Å². The molecule has 1 amide bonds. The molecule has 0 spiro atoms. The van der Waals surface area contributed by atoms with Gasteiger partial charge in [0.05, 0.1) is 12.3 Å². The molecule has 1 fully saturated rings. The van der Waals surface area contributed by atoms with E-state index in [0.29, 0.717) is 36.5 Å². The highest BCUT2D eigenvalue weighted by Gasteiger charge is 2.26. The van der Waals surface area contributed by atoms with Gasteiger partial charge in [-0.05, 0) is 85.7 Å². The van der Waals surface area contributed by atoms with Gasteiger partial charge in [-0.15, -0.1) is 0 Å². The van der Waals surface area contributed by atoms with Crippen LogP contribution in [0.25, 0.3) is 0 Å². The number of carbonyl (C=O) groups excluding carboxylic acids is 1. The zero-order valence-electron chi connectivity index (χ0n) is 27.1. The fraction of sp³-hybridized carbons (Fsp3) is 0.351. The third kappa shape index (κ3) is 9.64. The largest absolute Gasteiger partial charge is 0.494 e. The predicted molar refractivity (Wildman–Crippen MR) is 189 cm³/mol. The van der Waals surface area contributed by atoms with Crippen molar-refractivity contribution in [2.24, 2.45) is 4.99 Å². The van der Waals surface area contributed by atoms with Crippen LogP contribution >= 0.6 is 0 Å². The maximum Gasteiger partial charge on any atom is 0.264 e. The first-order valence-electron chi connectivity index (χ1n) is 16.0. The van der Waals surface area contributed by atoms with Crippen LogP contribution in [0.1, 0.15) is 61.9 Å². The minimum Gasteiger partial charge on any atom is -0.494 e. The third-order valence-electron chi connectivity index (χ3n) is 8.04. The Morgan fingerprint density at radius 2 is 1.80 bits per heavy atom. The maximum absolute atomic E-state index is 13.3. The van der Waals surface area contributed by atoms with E-state index in [-0.39, 0.29) is 16.5 Å². The summed E-state index contributed by atoms with van der Waals surface area (Å²) in [5, 5.41) is 0. The molecule has 244 valence electrons. The average molecular weight is 643 g/mol. The Labute approximate surface area is 274 Å². The summed E-state index contributed by atoms with van der Waals surface area (Å²) in [5.74, 6) is 0.832. The van der Waals surface area contributed by atoms with Gasteiger partial charge < -0.3 is 9.64 Å². The lowest BCUT2D eigenvalue weighted by atomic mass is 10.1. The lowest BCUT2D eigenvalue weighted by molar-refractivity contribution is 0.0761. The summed E-state index contributed by atoms with van der Waals surface area (Å²) in [6.07, 6.45) is 13.6. The first-order valence-corrected chi connectivity index (χ1v) is 17.5. The van der Waals surface area contributed by atoms with Crippen molar-refractivity contribution in [3.05, 3.63) is 119 Å². The molecule has 2 aliphatic rings. The Morgan fingerprint density at radius 1 is 1.04 bits per heavy atom. The van der Waals surface area contributed by atoms with Crippen LogP contribution in [0.3, 0.4) is 0 Å². The minimum absolute atomic E-state index is 0.00920. The van der Waals surface area contributed by atoms with Gasteiger partial charge in [0, 0.05) is 50.2 Å². The molecule has 2 aromatic carbocycles. The van der Waals surface area contributed by atoms with Crippen molar-refractivity contribution in [2.75, 3.05) is 37.5 Å². The Hall–Kier alpha value is -4.21. The molecule has 2 aromatic rings. The first kappa shape index (κ1) is 34.7. The molecule has 0 atom stereocenters. The number of hydrogen-bond donors (Lipinski definition) is 1. The van der Waals surface area contributed by atoms with Crippen molar-refractivity contribution in [1.82, 2.24) is 9.80 Å². The summed E-state index contributed by atoms with van der Waals surface area (Å²) in [5.41, 5.74) is 4.31. The molecule has 0 radical (unpaired) electrons. The van der Waals surface area contributed by atoms with Crippen molar-refractivity contribution >= 4 is 27.3 Å². The molecule has 4 rings (SSSR count). The molecule has 0 aromatic heterocycles. The number of ether oxygens (including phenoxy) is 1. The molecule has 1 aliphatic heterocycles. The summed E-state index contributed by atoms with van der Waals surface area (Å²) >= 11 is 0. The summed E-state index contributed by atoms with van der Waals surface area (Å²) < 4.78 is 34.8. The Balaban J connectivity index is 1.26. The zero-order valence-corrected chi connectivity index (χ0v) is 27.9. The molecular weight excluding hydrogens is 596 g/mol. The van der Waals surface area contributed by atoms with Crippen molar-refractivity contribution < 1.29 is 17.9 Å². The lowest BCUT2D eigenvalue weighted by Crippen LogP contribution is -2.35. The smallest absolute Gasteiger partial charge is 0.264 e. The van der Waals surface area contributed by atoms with E-state index in [1.807, 2.05) is 17.0 Å². The molecule has 0 unspecified atom stereocenters. The molecule has 0 saturated carbocycles. The SMILES string of the molecule is C=C/N=C1\C(=C)C=CC=C1S(=O)(=O)Nc1ccc(C(=O)N2CCCN(Cc3ccc(OCCC/C(=C/CC)CC)cc3)CC2)cc1. The van der Waals surface area contributed by atoms with E-state index in [0.717, 1.165) is 57.5 Å². The summed E-state index contributed by atoms with van der Waals surface area (Å²) in [6, 6.07) is 14.9. The molecule has 0 bridgehead atoms. The van der Waals surface area contributed by atoms with Gasteiger partial charge in [-0.2, -0.15) is 0 Å². The standard InChI is InChI=1S/C37H46N4O4S/c1-5-11-30(6-2)13-9-27-45-34-21-15-31(16-22-34)28-40-23-10-24-41(26-25-40)37(42)32-17-19-33(20-18-32)39-46(43,44)35-14-8-12-29(4)36(35)38-7-3/h7-8,11-12,14-22,39H,3-6,9-10,13,23-28H2,1-2H3/b30-11+,38-36+. The van der Waals surface area contributed by atoms with Crippen molar-refractivity contribution in [2.45, 2.75) is 52.5 Å². The summed E-state index contributed by atoms with van der Waals surface area (Å²) in [7, 11) is -3.93. The number of amides is 1. The predicted octanol–water partition coefficient (Wildman–Crippen LogP) is 7.28. The van der Waals surface area contributed by atoms with E-state index in [1.54, 1.807) is 36.4 Å². The fourth-order valence-electron chi connectivity index (χ4n) is 5.58. The number of nitrogens with one attached hydrogen (secondary N) is 1. The number of rotatable bonds is 14. The van der Waals surface area contributed by atoms with Crippen LogP contribution in [0.2, 0.25) is 0 Å². The second-order valence-electron chi connectivity index (χ2n) is 11.4. The van der Waals surface area contributed by atoms with Crippen LogP contribution in [0, 0.1) is 0 Å². The Bertz CT molecular complexity index is 1600. The Kier molecular flexibility index (Phi) is 12.7. The fourth-order valence-corrected chi connectivity index (χ4v) is 6.83. The number of sulfonamides is 1. The second kappa shape index (κ2) is 16.9. The number of aliphatic imine (C=N–C) groups is 1. The molecular formula is C37H46N4O4S. The number of allylic oxidation sites excluding steroid dienone is 7. The monoisotopic (exact) mass is 642 g/mol. The van der Waals surface area contributed by atoms with Gasteiger partial charge in [0.1, 0.15) is 10.7 Å². The van der Waals surface area contributed by atoms with Crippen LogP contribution in [0.4, 0.5) is 5.69 Å². The average Bonchev–Trinajstić information content (AvgIpc) is 3.29. The van der Waals surface area contributed by atoms with Gasteiger partial charge in [-0.1, -0.05) is 62.9 Å². The van der Waals surface area contributed by atoms with Gasteiger partial charge in [0.2, 0.25) is 0 Å². The number of hydrogen-bond acceptors (Lipinski definition) is 6. The van der Waals surface area contributed by atoms with E-state index < -0.39 is 10.0 Å². The topological polar surface area (TPSA) is 91.3 Å². The molecule has 8 nitrogen and oxygen atoms in total. The van der Waals surface area contributed by atoms with Gasteiger partial charge in [-0.25, -0.2) is 8.42 Å². The molecule has 46 heavy (non-hydrogen) atoms. The zero-order chi connectivity index (χ0) is 32.9. The quantitative estimate of drug-likeness (QED) is 0.173. The van der Waals surface area contributed by atoms with E-state index in [9.17, 15) is 13.2 Å². The molecule has 1 heterocycles. The highest BCUT2D eigenvalue weighted by Crippen LogP contribution is 2.23. The van der Waals surface area contributed by atoms with Crippen molar-refractivity contribution in [3.8, 4) is 5.75 Å². The maximum atomic E-state index is 13.3. The summed E-state index contributed by atoms with van der Waals surface area (Å²) in [4.78, 5) is 21.7. The second-order valence-corrected chi connectivity index (χ2v) is 13.1. The lowest BCUT2D eigenvalue weighted by Gasteiger charge is -2.22. The van der Waals surface area contributed by atoms with Crippen LogP contribution in [0.15, 0.2) is 113 Å². The van der Waals surface area contributed by atoms with Crippen LogP contribution in [0.5, 0.6) is 5.75 Å². The normalized spacial score (nSPS) is 17.0. The van der Waals surface area contributed by atoms with Crippen molar-refractivity contribution in [1.29, 1.82) is 0 Å². The number of benzene rings is 2. The van der Waals surface area contributed by atoms with Crippen LogP contribution in [-0.2, 0) is 16.6 Å². The van der Waals surface area contributed by atoms with Crippen LogP contribution < -0.4 is 9.46 Å². The molecule has 1 saturated heterocycles. The highest BCUT2D eigenvalue weighted by atomic mass is 32.2.